The Hall–Kier alpha value is -3.64. The summed E-state index contributed by atoms with van der Waals surface area (Å²) < 4.78 is 15.8. The Balaban J connectivity index is 1.63. The van der Waals surface area contributed by atoms with E-state index in [2.05, 4.69) is 13.2 Å². The van der Waals surface area contributed by atoms with E-state index < -0.39 is 11.9 Å². The third kappa shape index (κ3) is 10.0. The smallest absolute Gasteiger partial charge is 0.335 e. The zero-order valence-electron chi connectivity index (χ0n) is 18.7. The maximum atomic E-state index is 11.3. The summed E-state index contributed by atoms with van der Waals surface area (Å²) in [6.07, 6.45) is 8.70. The topological polar surface area (TPSA) is 82.1 Å². The van der Waals surface area contributed by atoms with Crippen LogP contribution in [0.4, 0.5) is 0 Å². The standard InChI is InChI=1S/C27H30O6/c1-3-26(29)33-25-16-12-23(13-17-25)9-8-22-10-14-24(15-11-22)31-18-6-4-5-7-19-32-27(30)21(2)20-28/h3,8-17,28H,1-2,4-7,18-20H2/b9-8+. The highest BCUT2D eigenvalue weighted by molar-refractivity contribution is 5.87. The molecule has 0 fully saturated rings. The second-order valence-electron chi connectivity index (χ2n) is 7.26. The summed E-state index contributed by atoms with van der Waals surface area (Å²) in [5.74, 6) is 0.275. The first-order valence-electron chi connectivity index (χ1n) is 10.8. The van der Waals surface area contributed by atoms with Crippen LogP contribution in [-0.4, -0.2) is 36.9 Å². The molecule has 0 radical (unpaired) electrons. The van der Waals surface area contributed by atoms with Crippen LogP contribution >= 0.6 is 0 Å². The molecule has 0 aliphatic carbocycles. The minimum absolute atomic E-state index is 0.0762. The molecule has 0 aliphatic heterocycles. The number of aliphatic hydroxyl groups excluding tert-OH is 1. The largest absolute Gasteiger partial charge is 0.494 e. The third-order valence-electron chi connectivity index (χ3n) is 4.63. The molecule has 174 valence electrons. The number of hydrogen-bond acceptors (Lipinski definition) is 6. The third-order valence-corrected chi connectivity index (χ3v) is 4.63. The maximum absolute atomic E-state index is 11.3. The van der Waals surface area contributed by atoms with Gasteiger partial charge < -0.3 is 19.3 Å². The molecular formula is C27H30O6. The zero-order chi connectivity index (χ0) is 23.9. The van der Waals surface area contributed by atoms with E-state index in [1.807, 2.05) is 48.6 Å². The average Bonchev–Trinajstić information content (AvgIpc) is 2.85. The van der Waals surface area contributed by atoms with Crippen molar-refractivity contribution in [3.63, 3.8) is 0 Å². The first kappa shape index (κ1) is 25.6. The summed E-state index contributed by atoms with van der Waals surface area (Å²) in [5.41, 5.74) is 2.11. The van der Waals surface area contributed by atoms with Crippen molar-refractivity contribution >= 4 is 24.1 Å². The van der Waals surface area contributed by atoms with Crippen molar-refractivity contribution in [2.24, 2.45) is 0 Å². The second kappa shape index (κ2) is 14.4. The van der Waals surface area contributed by atoms with Crippen molar-refractivity contribution in [1.29, 1.82) is 0 Å². The predicted molar refractivity (Wildman–Crippen MR) is 129 cm³/mol. The van der Waals surface area contributed by atoms with Gasteiger partial charge in [-0.1, -0.05) is 49.6 Å². The summed E-state index contributed by atoms with van der Waals surface area (Å²) in [6.45, 7) is 7.38. The van der Waals surface area contributed by atoms with Gasteiger partial charge in [0.05, 0.1) is 25.4 Å². The maximum Gasteiger partial charge on any atom is 0.335 e. The molecule has 1 N–H and O–H groups in total. The molecule has 0 aromatic heterocycles. The second-order valence-corrected chi connectivity index (χ2v) is 7.26. The van der Waals surface area contributed by atoms with Crippen LogP contribution in [0.25, 0.3) is 12.2 Å². The van der Waals surface area contributed by atoms with Gasteiger partial charge in [0, 0.05) is 6.08 Å². The number of rotatable bonds is 14. The number of ether oxygens (including phenoxy) is 3. The summed E-state index contributed by atoms with van der Waals surface area (Å²) in [5, 5.41) is 8.79. The molecule has 0 unspecified atom stereocenters. The number of carbonyl (C=O) groups is 2. The van der Waals surface area contributed by atoms with E-state index in [1.165, 1.54) is 0 Å². The van der Waals surface area contributed by atoms with Crippen LogP contribution in [0, 0.1) is 0 Å². The molecular weight excluding hydrogens is 420 g/mol. The fourth-order valence-electron chi connectivity index (χ4n) is 2.75. The van der Waals surface area contributed by atoms with Gasteiger partial charge in [-0.05, 0) is 61.1 Å². The molecule has 2 aromatic carbocycles. The van der Waals surface area contributed by atoms with Gasteiger partial charge >= 0.3 is 11.9 Å². The van der Waals surface area contributed by atoms with Crippen molar-refractivity contribution in [2.75, 3.05) is 19.8 Å². The fourth-order valence-corrected chi connectivity index (χ4v) is 2.75. The first-order chi connectivity index (χ1) is 16.0. The summed E-state index contributed by atoms with van der Waals surface area (Å²) in [6, 6.07) is 15.1. The quantitative estimate of drug-likeness (QED) is 0.144. The van der Waals surface area contributed by atoms with Crippen LogP contribution in [-0.2, 0) is 14.3 Å². The lowest BCUT2D eigenvalue weighted by Gasteiger charge is -2.07. The van der Waals surface area contributed by atoms with Crippen LogP contribution in [0.2, 0.25) is 0 Å². The van der Waals surface area contributed by atoms with Crippen LogP contribution in [0.15, 0.2) is 73.3 Å². The summed E-state index contributed by atoms with van der Waals surface area (Å²) >= 11 is 0. The number of unbranched alkanes of at least 4 members (excludes halogenated alkanes) is 3. The molecule has 0 spiro atoms. The lowest BCUT2D eigenvalue weighted by Crippen LogP contribution is -2.10. The molecule has 0 saturated heterocycles. The van der Waals surface area contributed by atoms with E-state index >= 15 is 0 Å². The Morgan fingerprint density at radius 3 is 1.91 bits per heavy atom. The Morgan fingerprint density at radius 1 is 0.818 bits per heavy atom. The molecule has 0 saturated carbocycles. The van der Waals surface area contributed by atoms with E-state index in [4.69, 9.17) is 19.3 Å². The SMILES string of the molecule is C=CC(=O)Oc1ccc(/C=C/c2ccc(OCCCCCCOC(=O)C(=C)CO)cc2)cc1. The van der Waals surface area contributed by atoms with E-state index in [9.17, 15) is 9.59 Å². The fraction of sp³-hybridized carbons (Fsp3) is 0.259. The number of esters is 2. The van der Waals surface area contributed by atoms with Crippen molar-refractivity contribution < 1.29 is 28.9 Å². The normalized spacial score (nSPS) is 10.6. The van der Waals surface area contributed by atoms with Crippen molar-refractivity contribution in [3.05, 3.63) is 84.5 Å². The van der Waals surface area contributed by atoms with Crippen LogP contribution in [0.1, 0.15) is 36.8 Å². The Labute approximate surface area is 194 Å². The number of hydrogen-bond donors (Lipinski definition) is 1. The van der Waals surface area contributed by atoms with Crippen molar-refractivity contribution in [1.82, 2.24) is 0 Å². The predicted octanol–water partition coefficient (Wildman–Crippen LogP) is 4.98. The lowest BCUT2D eigenvalue weighted by molar-refractivity contribution is -0.139. The van der Waals surface area contributed by atoms with Gasteiger partial charge in [0.25, 0.3) is 0 Å². The molecule has 0 amide bonds. The molecule has 6 heteroatoms. The monoisotopic (exact) mass is 450 g/mol. The molecule has 2 rings (SSSR count). The van der Waals surface area contributed by atoms with Gasteiger partial charge in [-0.15, -0.1) is 0 Å². The lowest BCUT2D eigenvalue weighted by atomic mass is 10.1. The van der Waals surface area contributed by atoms with Crippen molar-refractivity contribution in [2.45, 2.75) is 25.7 Å². The van der Waals surface area contributed by atoms with E-state index in [0.717, 1.165) is 48.6 Å². The van der Waals surface area contributed by atoms with Gasteiger partial charge in [0.1, 0.15) is 11.5 Å². The van der Waals surface area contributed by atoms with Gasteiger partial charge in [0.15, 0.2) is 0 Å². The van der Waals surface area contributed by atoms with Gasteiger partial charge in [-0.25, -0.2) is 9.59 Å². The molecule has 0 atom stereocenters. The van der Waals surface area contributed by atoms with E-state index in [-0.39, 0.29) is 12.2 Å². The Morgan fingerprint density at radius 2 is 1.36 bits per heavy atom. The van der Waals surface area contributed by atoms with Crippen molar-refractivity contribution in [3.8, 4) is 11.5 Å². The number of benzene rings is 2. The molecule has 6 nitrogen and oxygen atoms in total. The van der Waals surface area contributed by atoms with Crippen LogP contribution < -0.4 is 9.47 Å². The molecule has 0 heterocycles. The Kier molecular flexibility index (Phi) is 11.2. The summed E-state index contributed by atoms with van der Waals surface area (Å²) in [4.78, 5) is 22.5. The molecule has 2 aromatic rings. The van der Waals surface area contributed by atoms with Crippen LogP contribution in [0.3, 0.4) is 0 Å². The average molecular weight is 451 g/mol. The van der Waals surface area contributed by atoms with E-state index in [0.29, 0.717) is 19.0 Å². The summed E-state index contributed by atoms with van der Waals surface area (Å²) in [7, 11) is 0. The molecule has 33 heavy (non-hydrogen) atoms. The number of carbonyl (C=O) groups excluding carboxylic acids is 2. The van der Waals surface area contributed by atoms with Gasteiger partial charge in [-0.2, -0.15) is 0 Å². The highest BCUT2D eigenvalue weighted by Gasteiger charge is 2.06. The highest BCUT2D eigenvalue weighted by Crippen LogP contribution is 2.17. The zero-order valence-corrected chi connectivity index (χ0v) is 18.7. The minimum Gasteiger partial charge on any atom is -0.494 e. The minimum atomic E-state index is -0.538. The first-order valence-corrected chi connectivity index (χ1v) is 10.8. The molecule has 0 bridgehead atoms. The number of aliphatic hydroxyl groups is 1. The Bertz CT molecular complexity index is 942. The van der Waals surface area contributed by atoms with E-state index in [1.54, 1.807) is 12.1 Å². The van der Waals surface area contributed by atoms with Crippen LogP contribution in [0.5, 0.6) is 11.5 Å². The highest BCUT2D eigenvalue weighted by atomic mass is 16.5. The molecule has 0 aliphatic rings. The van der Waals surface area contributed by atoms with Gasteiger partial charge in [-0.3, -0.25) is 0 Å². The van der Waals surface area contributed by atoms with Gasteiger partial charge in [0.2, 0.25) is 0 Å².